The van der Waals surface area contributed by atoms with Crippen LogP contribution < -0.4 is 5.73 Å². The molecule has 0 fully saturated rings. The van der Waals surface area contributed by atoms with Gasteiger partial charge >= 0.3 is 0 Å². The van der Waals surface area contributed by atoms with Gasteiger partial charge in [-0.3, -0.25) is 0 Å². The molecule has 1 aromatic rings. The molecular formula is C12H17N. The van der Waals surface area contributed by atoms with Crippen LogP contribution in [-0.2, 0) is 0 Å². The zero-order chi connectivity index (χ0) is 9.68. The quantitative estimate of drug-likeness (QED) is 0.751. The fourth-order valence-electron chi connectivity index (χ4n) is 1.40. The van der Waals surface area contributed by atoms with Crippen LogP contribution in [0.4, 0.5) is 0 Å². The number of nitrogens with two attached hydrogens (primary N) is 1. The Balaban J connectivity index is 2.80. The number of allylic oxidation sites excluding steroid dienone is 1. The zero-order valence-corrected chi connectivity index (χ0v) is 8.33. The molecule has 0 aliphatic carbocycles. The standard InChI is InChI=1S/C12H17N/c1-3-11(9-10(2)13)12-7-5-4-6-8-12/h3-8,10H,9,13H2,1-2H3/b11-3-. The van der Waals surface area contributed by atoms with E-state index in [1.807, 2.05) is 13.0 Å². The third-order valence-electron chi connectivity index (χ3n) is 2.03. The summed E-state index contributed by atoms with van der Waals surface area (Å²) in [6, 6.07) is 10.6. The molecule has 1 heteroatoms. The van der Waals surface area contributed by atoms with Crippen molar-refractivity contribution < 1.29 is 0 Å². The third-order valence-corrected chi connectivity index (χ3v) is 2.03. The Kier molecular flexibility index (Phi) is 3.71. The second-order valence-corrected chi connectivity index (χ2v) is 3.36. The minimum Gasteiger partial charge on any atom is -0.328 e. The smallest absolute Gasteiger partial charge is 0.00510 e. The summed E-state index contributed by atoms with van der Waals surface area (Å²) in [5.41, 5.74) is 8.37. The summed E-state index contributed by atoms with van der Waals surface area (Å²) in [5.74, 6) is 0. The average Bonchev–Trinajstić information content (AvgIpc) is 2.15. The van der Waals surface area contributed by atoms with E-state index >= 15 is 0 Å². The first kappa shape index (κ1) is 10.0. The van der Waals surface area contributed by atoms with Crippen molar-refractivity contribution in [3.05, 3.63) is 42.0 Å². The second-order valence-electron chi connectivity index (χ2n) is 3.36. The van der Waals surface area contributed by atoms with Gasteiger partial charge in [0.25, 0.3) is 0 Å². The maximum Gasteiger partial charge on any atom is 0.00510 e. The van der Waals surface area contributed by atoms with Crippen LogP contribution in [0.25, 0.3) is 5.57 Å². The Hall–Kier alpha value is -1.08. The van der Waals surface area contributed by atoms with Crippen LogP contribution in [-0.4, -0.2) is 6.04 Å². The third kappa shape index (κ3) is 3.03. The molecule has 0 saturated heterocycles. The summed E-state index contributed by atoms with van der Waals surface area (Å²) < 4.78 is 0. The van der Waals surface area contributed by atoms with Gasteiger partial charge in [0.2, 0.25) is 0 Å². The highest BCUT2D eigenvalue weighted by molar-refractivity contribution is 5.65. The molecule has 2 N–H and O–H groups in total. The van der Waals surface area contributed by atoms with E-state index in [9.17, 15) is 0 Å². The zero-order valence-electron chi connectivity index (χ0n) is 8.33. The molecule has 13 heavy (non-hydrogen) atoms. The Morgan fingerprint density at radius 2 is 2.00 bits per heavy atom. The fourth-order valence-corrected chi connectivity index (χ4v) is 1.40. The number of benzene rings is 1. The predicted octanol–water partition coefficient (Wildman–Crippen LogP) is 2.83. The van der Waals surface area contributed by atoms with Crippen molar-refractivity contribution in [1.29, 1.82) is 0 Å². The molecule has 1 nitrogen and oxygen atoms in total. The molecule has 1 rings (SSSR count). The molecule has 1 unspecified atom stereocenters. The summed E-state index contributed by atoms with van der Waals surface area (Å²) in [7, 11) is 0. The fraction of sp³-hybridized carbons (Fsp3) is 0.333. The summed E-state index contributed by atoms with van der Waals surface area (Å²) in [6.07, 6.45) is 3.08. The maximum atomic E-state index is 5.77. The van der Waals surface area contributed by atoms with E-state index in [-0.39, 0.29) is 6.04 Å². The van der Waals surface area contributed by atoms with Gasteiger partial charge in [0, 0.05) is 6.04 Å². The normalized spacial score (nSPS) is 14.2. The Labute approximate surface area is 80.3 Å². The monoisotopic (exact) mass is 175 g/mol. The van der Waals surface area contributed by atoms with Crippen molar-refractivity contribution in [3.8, 4) is 0 Å². The lowest BCUT2D eigenvalue weighted by Crippen LogP contribution is -2.14. The van der Waals surface area contributed by atoms with Crippen molar-refractivity contribution in [2.75, 3.05) is 0 Å². The van der Waals surface area contributed by atoms with Gasteiger partial charge in [0.1, 0.15) is 0 Å². The lowest BCUT2D eigenvalue weighted by Gasteiger charge is -2.09. The molecule has 0 amide bonds. The topological polar surface area (TPSA) is 26.0 Å². The van der Waals surface area contributed by atoms with E-state index in [2.05, 4.69) is 37.3 Å². The largest absolute Gasteiger partial charge is 0.328 e. The number of hydrogen-bond acceptors (Lipinski definition) is 1. The van der Waals surface area contributed by atoms with Gasteiger partial charge in [0.15, 0.2) is 0 Å². The molecule has 0 bridgehead atoms. The van der Waals surface area contributed by atoms with Gasteiger partial charge in [-0.25, -0.2) is 0 Å². The Morgan fingerprint density at radius 3 is 2.46 bits per heavy atom. The van der Waals surface area contributed by atoms with Gasteiger partial charge in [-0.15, -0.1) is 0 Å². The highest BCUT2D eigenvalue weighted by Crippen LogP contribution is 2.18. The number of hydrogen-bond donors (Lipinski definition) is 1. The van der Waals surface area contributed by atoms with E-state index in [4.69, 9.17) is 5.73 Å². The summed E-state index contributed by atoms with van der Waals surface area (Å²) in [4.78, 5) is 0. The van der Waals surface area contributed by atoms with Crippen molar-refractivity contribution >= 4 is 5.57 Å². The van der Waals surface area contributed by atoms with Crippen molar-refractivity contribution in [1.82, 2.24) is 0 Å². The van der Waals surface area contributed by atoms with Crippen LogP contribution in [0.3, 0.4) is 0 Å². The molecule has 1 aromatic carbocycles. The highest BCUT2D eigenvalue weighted by atomic mass is 14.6. The van der Waals surface area contributed by atoms with E-state index in [1.165, 1.54) is 11.1 Å². The molecule has 0 spiro atoms. The molecule has 0 heterocycles. The van der Waals surface area contributed by atoms with Gasteiger partial charge in [-0.05, 0) is 31.4 Å². The van der Waals surface area contributed by atoms with Crippen LogP contribution in [0.2, 0.25) is 0 Å². The van der Waals surface area contributed by atoms with Crippen LogP contribution in [0, 0.1) is 0 Å². The molecule has 0 aliphatic heterocycles. The van der Waals surface area contributed by atoms with Crippen LogP contribution in [0.1, 0.15) is 25.8 Å². The second kappa shape index (κ2) is 4.83. The Morgan fingerprint density at radius 1 is 1.38 bits per heavy atom. The van der Waals surface area contributed by atoms with E-state index < -0.39 is 0 Å². The predicted molar refractivity (Wildman–Crippen MR) is 58.4 cm³/mol. The molecule has 70 valence electrons. The van der Waals surface area contributed by atoms with E-state index in [0.29, 0.717) is 0 Å². The molecule has 0 aliphatic rings. The lowest BCUT2D eigenvalue weighted by atomic mass is 10.00. The van der Waals surface area contributed by atoms with E-state index in [0.717, 1.165) is 6.42 Å². The first-order valence-electron chi connectivity index (χ1n) is 4.70. The molecule has 0 saturated carbocycles. The van der Waals surface area contributed by atoms with Crippen LogP contribution in [0.15, 0.2) is 36.4 Å². The van der Waals surface area contributed by atoms with Gasteiger partial charge in [-0.2, -0.15) is 0 Å². The van der Waals surface area contributed by atoms with Gasteiger partial charge < -0.3 is 5.73 Å². The van der Waals surface area contributed by atoms with Gasteiger partial charge in [0.05, 0.1) is 0 Å². The van der Waals surface area contributed by atoms with E-state index in [1.54, 1.807) is 0 Å². The molecular weight excluding hydrogens is 158 g/mol. The van der Waals surface area contributed by atoms with Crippen LogP contribution >= 0.6 is 0 Å². The minimum atomic E-state index is 0.228. The molecule has 1 atom stereocenters. The highest BCUT2D eigenvalue weighted by Gasteiger charge is 2.02. The average molecular weight is 175 g/mol. The first-order chi connectivity index (χ1) is 6.24. The molecule has 0 radical (unpaired) electrons. The summed E-state index contributed by atoms with van der Waals surface area (Å²) in [6.45, 7) is 4.09. The summed E-state index contributed by atoms with van der Waals surface area (Å²) in [5, 5.41) is 0. The lowest BCUT2D eigenvalue weighted by molar-refractivity contribution is 0.767. The van der Waals surface area contributed by atoms with Gasteiger partial charge in [-0.1, -0.05) is 36.4 Å². The van der Waals surface area contributed by atoms with Crippen molar-refractivity contribution in [2.24, 2.45) is 5.73 Å². The van der Waals surface area contributed by atoms with Crippen molar-refractivity contribution in [2.45, 2.75) is 26.3 Å². The number of rotatable bonds is 3. The van der Waals surface area contributed by atoms with Crippen molar-refractivity contribution in [3.63, 3.8) is 0 Å². The SMILES string of the molecule is C/C=C(/CC(C)N)c1ccccc1. The summed E-state index contributed by atoms with van der Waals surface area (Å²) >= 11 is 0. The Bertz CT molecular complexity index is 272. The first-order valence-corrected chi connectivity index (χ1v) is 4.70. The molecule has 0 aromatic heterocycles. The minimum absolute atomic E-state index is 0.228. The van der Waals surface area contributed by atoms with Crippen LogP contribution in [0.5, 0.6) is 0 Å². The maximum absolute atomic E-state index is 5.77.